The molecular weight excluding hydrogens is 249 g/mol. The first-order chi connectivity index (χ1) is 7.93. The summed E-state index contributed by atoms with van der Waals surface area (Å²) < 4.78 is 37.7. The van der Waals surface area contributed by atoms with Crippen LogP contribution in [-0.2, 0) is 10.0 Å². The van der Waals surface area contributed by atoms with E-state index in [0.717, 1.165) is 10.4 Å². The average molecular weight is 259 g/mol. The molecule has 0 atom stereocenters. The molecule has 1 aliphatic rings. The first kappa shape index (κ1) is 11.8. The molecule has 1 aromatic carbocycles. The van der Waals surface area contributed by atoms with Gasteiger partial charge in [-0.2, -0.15) is 0 Å². The molecule has 0 bridgehead atoms. The van der Waals surface area contributed by atoms with Gasteiger partial charge in [0.05, 0.1) is 11.4 Å². The summed E-state index contributed by atoms with van der Waals surface area (Å²) in [5, 5.41) is 8.92. The minimum Gasteiger partial charge on any atom is -0.478 e. The fourth-order valence-electron chi connectivity index (χ4n) is 1.84. The second kappa shape index (κ2) is 3.99. The van der Waals surface area contributed by atoms with Crippen molar-refractivity contribution in [3.8, 4) is 0 Å². The van der Waals surface area contributed by atoms with E-state index in [9.17, 15) is 17.6 Å². The number of benzene rings is 1. The largest absolute Gasteiger partial charge is 0.478 e. The Morgan fingerprint density at radius 2 is 2.12 bits per heavy atom. The number of rotatable bonds is 2. The summed E-state index contributed by atoms with van der Waals surface area (Å²) in [6.45, 7) is 0.187. The predicted molar refractivity (Wildman–Crippen MR) is 59.1 cm³/mol. The number of halogens is 1. The van der Waals surface area contributed by atoms with Gasteiger partial charge in [-0.3, -0.25) is 4.31 Å². The molecule has 0 unspecified atom stereocenters. The van der Waals surface area contributed by atoms with Crippen LogP contribution in [-0.4, -0.2) is 31.8 Å². The number of anilines is 1. The summed E-state index contributed by atoms with van der Waals surface area (Å²) in [6, 6.07) is 3.59. The average Bonchev–Trinajstić information content (AvgIpc) is 2.57. The van der Waals surface area contributed by atoms with E-state index in [4.69, 9.17) is 5.11 Å². The van der Waals surface area contributed by atoms with Crippen LogP contribution in [0.15, 0.2) is 18.2 Å². The molecule has 0 radical (unpaired) electrons. The van der Waals surface area contributed by atoms with Crippen molar-refractivity contribution >= 4 is 21.7 Å². The van der Waals surface area contributed by atoms with Crippen LogP contribution in [0, 0.1) is 5.82 Å². The monoisotopic (exact) mass is 259 g/mol. The number of carboxylic acid groups (broad SMARTS) is 1. The fourth-order valence-corrected chi connectivity index (χ4v) is 3.42. The van der Waals surface area contributed by atoms with Crippen LogP contribution < -0.4 is 4.31 Å². The third kappa shape index (κ3) is 1.97. The topological polar surface area (TPSA) is 74.7 Å². The molecule has 2 rings (SSSR count). The molecule has 1 aliphatic heterocycles. The van der Waals surface area contributed by atoms with Crippen LogP contribution in [0.4, 0.5) is 10.1 Å². The van der Waals surface area contributed by atoms with Crippen molar-refractivity contribution in [1.82, 2.24) is 0 Å². The van der Waals surface area contributed by atoms with Gasteiger partial charge in [0.25, 0.3) is 0 Å². The van der Waals surface area contributed by atoms with E-state index in [0.29, 0.717) is 6.42 Å². The molecule has 7 heteroatoms. The van der Waals surface area contributed by atoms with Crippen molar-refractivity contribution < 1.29 is 22.7 Å². The molecule has 17 heavy (non-hydrogen) atoms. The first-order valence-corrected chi connectivity index (χ1v) is 6.56. The third-order valence-electron chi connectivity index (χ3n) is 2.57. The Morgan fingerprint density at radius 3 is 2.65 bits per heavy atom. The second-order valence-corrected chi connectivity index (χ2v) is 5.69. The van der Waals surface area contributed by atoms with Gasteiger partial charge in [-0.25, -0.2) is 17.6 Å². The molecule has 1 N–H and O–H groups in total. The molecule has 0 aliphatic carbocycles. The Balaban J connectivity index is 2.60. The molecule has 92 valence electrons. The van der Waals surface area contributed by atoms with Gasteiger partial charge in [0.15, 0.2) is 0 Å². The molecule has 5 nitrogen and oxygen atoms in total. The molecule has 1 fully saturated rings. The molecule has 0 aromatic heterocycles. The van der Waals surface area contributed by atoms with E-state index in [-0.39, 0.29) is 18.0 Å². The third-order valence-corrected chi connectivity index (χ3v) is 4.43. The Hall–Kier alpha value is -1.63. The van der Waals surface area contributed by atoms with Gasteiger partial charge in [-0.15, -0.1) is 0 Å². The number of sulfonamides is 1. The van der Waals surface area contributed by atoms with Crippen molar-refractivity contribution in [3.63, 3.8) is 0 Å². The molecular formula is C10H10FNO4S. The van der Waals surface area contributed by atoms with Crippen LogP contribution in [0.2, 0.25) is 0 Å². The van der Waals surface area contributed by atoms with Crippen molar-refractivity contribution in [1.29, 1.82) is 0 Å². The van der Waals surface area contributed by atoms with Gasteiger partial charge >= 0.3 is 5.97 Å². The van der Waals surface area contributed by atoms with Crippen LogP contribution >= 0.6 is 0 Å². The number of aromatic carboxylic acids is 1. The maximum absolute atomic E-state index is 13.4. The zero-order valence-corrected chi connectivity index (χ0v) is 9.58. The first-order valence-electron chi connectivity index (χ1n) is 4.96. The molecule has 1 saturated heterocycles. The van der Waals surface area contributed by atoms with Gasteiger partial charge in [-0.1, -0.05) is 6.07 Å². The number of nitrogens with zero attached hydrogens (tertiary/aromatic N) is 1. The minimum atomic E-state index is -3.51. The lowest BCUT2D eigenvalue weighted by molar-refractivity contribution is 0.0693. The summed E-state index contributed by atoms with van der Waals surface area (Å²) >= 11 is 0. The van der Waals surface area contributed by atoms with E-state index in [2.05, 4.69) is 0 Å². The van der Waals surface area contributed by atoms with E-state index >= 15 is 0 Å². The van der Waals surface area contributed by atoms with Gasteiger partial charge in [0, 0.05) is 6.54 Å². The molecule has 0 spiro atoms. The molecule has 1 heterocycles. The van der Waals surface area contributed by atoms with E-state index in [1.807, 2.05) is 0 Å². The predicted octanol–water partition coefficient (Wildman–Crippen LogP) is 1.06. The van der Waals surface area contributed by atoms with Crippen molar-refractivity contribution in [2.45, 2.75) is 6.42 Å². The highest BCUT2D eigenvalue weighted by Gasteiger charge is 2.32. The zero-order chi connectivity index (χ0) is 12.6. The summed E-state index contributed by atoms with van der Waals surface area (Å²) in [5.41, 5.74) is -0.701. The molecule has 1 aromatic rings. The Kier molecular flexibility index (Phi) is 2.78. The van der Waals surface area contributed by atoms with Crippen molar-refractivity contribution in [3.05, 3.63) is 29.6 Å². The number of carbonyl (C=O) groups is 1. The van der Waals surface area contributed by atoms with Crippen molar-refractivity contribution in [2.75, 3.05) is 16.6 Å². The standard InChI is InChI=1S/C10H10FNO4S/c11-7-3-1-4-8(9(7)10(13)14)12-5-2-6-17(12,15)16/h1,3-4H,2,5-6H2,(H,13,14). The van der Waals surface area contributed by atoms with Crippen LogP contribution in [0.3, 0.4) is 0 Å². The Labute approximate surface area is 97.5 Å². The lowest BCUT2D eigenvalue weighted by atomic mass is 10.1. The Morgan fingerprint density at radius 1 is 1.41 bits per heavy atom. The summed E-state index contributed by atoms with van der Waals surface area (Å²) in [6.07, 6.45) is 0.415. The van der Waals surface area contributed by atoms with Crippen molar-refractivity contribution in [2.24, 2.45) is 0 Å². The second-order valence-electron chi connectivity index (χ2n) is 3.68. The zero-order valence-electron chi connectivity index (χ0n) is 8.76. The summed E-state index contributed by atoms with van der Waals surface area (Å²) in [4.78, 5) is 10.9. The quantitative estimate of drug-likeness (QED) is 0.861. The highest BCUT2D eigenvalue weighted by Crippen LogP contribution is 2.29. The molecule has 0 amide bonds. The smallest absolute Gasteiger partial charge is 0.340 e. The maximum Gasteiger partial charge on any atom is 0.340 e. The lowest BCUT2D eigenvalue weighted by Gasteiger charge is -2.19. The summed E-state index contributed by atoms with van der Waals surface area (Å²) in [7, 11) is -3.51. The fraction of sp³-hybridized carbons (Fsp3) is 0.300. The number of carboxylic acids is 1. The summed E-state index contributed by atoms with van der Waals surface area (Å²) in [5.74, 6) is -2.44. The van der Waals surface area contributed by atoms with Crippen LogP contribution in [0.1, 0.15) is 16.8 Å². The Bertz CT molecular complexity index is 570. The maximum atomic E-state index is 13.4. The number of hydrogen-bond donors (Lipinski definition) is 1. The SMILES string of the molecule is O=C(O)c1c(F)cccc1N1CCCS1(=O)=O. The minimum absolute atomic E-state index is 0.0391. The van der Waals surface area contributed by atoms with Crippen LogP contribution in [0.5, 0.6) is 0 Å². The lowest BCUT2D eigenvalue weighted by Crippen LogP contribution is -2.27. The van der Waals surface area contributed by atoms with Gasteiger partial charge < -0.3 is 5.11 Å². The molecule has 0 saturated carbocycles. The highest BCUT2D eigenvalue weighted by molar-refractivity contribution is 7.93. The van der Waals surface area contributed by atoms with Gasteiger partial charge in [0.2, 0.25) is 10.0 Å². The normalized spacial score (nSPS) is 18.3. The van der Waals surface area contributed by atoms with Gasteiger partial charge in [-0.05, 0) is 18.6 Å². The van der Waals surface area contributed by atoms with E-state index in [1.54, 1.807) is 0 Å². The van der Waals surface area contributed by atoms with E-state index < -0.39 is 27.4 Å². The van der Waals surface area contributed by atoms with Crippen LogP contribution in [0.25, 0.3) is 0 Å². The van der Waals surface area contributed by atoms with E-state index in [1.165, 1.54) is 12.1 Å². The highest BCUT2D eigenvalue weighted by atomic mass is 32.2. The van der Waals surface area contributed by atoms with Gasteiger partial charge in [0.1, 0.15) is 11.4 Å². The number of hydrogen-bond acceptors (Lipinski definition) is 3.